The van der Waals surface area contributed by atoms with Gasteiger partial charge in [0.15, 0.2) is 0 Å². The molecule has 0 amide bonds. The van der Waals surface area contributed by atoms with Crippen molar-refractivity contribution in [2.75, 3.05) is 0 Å². The zero-order valence-electron chi connectivity index (χ0n) is 39.7. The van der Waals surface area contributed by atoms with E-state index in [2.05, 4.69) is 136 Å². The Hall–Kier alpha value is -4.29. The smallest absolute Gasteiger partial charge is 1.00 e. The Morgan fingerprint density at radius 2 is 1.04 bits per heavy atom. The number of aryl methyl sites for hydroxylation is 6. The molecule has 0 saturated carbocycles. The van der Waals surface area contributed by atoms with Crippen LogP contribution in [0.4, 0.5) is 26.3 Å². The van der Waals surface area contributed by atoms with Crippen molar-refractivity contribution >= 4 is 6.48 Å². The standard InChI is InChI=1S/C31H29.C15H8F6.C12H19.2ClH.Zr/c1-18-11-20(3)30(21(4)12-18)24-7-9-28-26(15-24)17-27-16-25(8-10-29(27)28)31-22(5)13-19(2)14-23(31)6;16-14(17,18)12-5-1-10(2-6-12)9-11-3-7-13(8-4-11)15(19,20)21;1-5-6-10-7-8-11(9-10)12(2,3)4;;;/h7-15H,17H2,1-6H3;1-8H;8-10H,5-6H2,1-4H3;2*1H;/q;;;;;+2/p-2. The van der Waals surface area contributed by atoms with Crippen molar-refractivity contribution in [3.05, 3.63) is 191 Å². The average Bonchev–Trinajstić information content (AvgIpc) is 3.81. The fraction of sp³-hybridized carbons (Fsp3) is 0.293. The van der Waals surface area contributed by atoms with E-state index in [0.717, 1.165) is 84.8 Å². The fourth-order valence-corrected chi connectivity index (χ4v) is 19.5. The van der Waals surface area contributed by atoms with E-state index in [1.807, 2.05) is 0 Å². The molecule has 0 heterocycles. The summed E-state index contributed by atoms with van der Waals surface area (Å²) in [6.45, 7) is 21.6. The summed E-state index contributed by atoms with van der Waals surface area (Å²) in [7, 11) is 0. The van der Waals surface area contributed by atoms with Gasteiger partial charge in [-0.05, 0) is 0 Å². The van der Waals surface area contributed by atoms with E-state index < -0.39 is 44.7 Å². The molecule has 0 bridgehead atoms. The maximum absolute atomic E-state index is 14.3. The Morgan fingerprint density at radius 1 is 0.582 bits per heavy atom. The molecular formula is C58H56Cl2F6Zr. The number of halogens is 8. The second-order valence-electron chi connectivity index (χ2n) is 19.4. The SMILES string of the molecule is CCCC1C=C(C(C)(C)C)C=[C]1[Zr+2](=[C](c1ccc(C(F)(F)F)cc1)c1ccc(C(F)(F)F)cc1)[c]1c(-c2c(C)cc(C)cc2C)ccc2c1Cc1cc(-c3c(C)cc(C)cc3C)ccc1-2.[Cl-].[Cl-]. The first-order chi connectivity index (χ1) is 30.5. The third-order valence-electron chi connectivity index (χ3n) is 13.3. The minimum Gasteiger partial charge on any atom is -1.00 e. The third kappa shape index (κ3) is 10.2. The summed E-state index contributed by atoms with van der Waals surface area (Å²) < 4.78 is 89.0. The molecule has 2 aliphatic rings. The van der Waals surface area contributed by atoms with Crippen LogP contribution in [-0.2, 0) is 40.0 Å². The molecule has 9 heteroatoms. The third-order valence-corrected chi connectivity index (χ3v) is 21.3. The van der Waals surface area contributed by atoms with Crippen molar-refractivity contribution in [3.8, 4) is 33.4 Å². The van der Waals surface area contributed by atoms with Crippen LogP contribution in [0, 0.1) is 52.9 Å². The number of fused-ring (bicyclic) bond motifs is 3. The minimum atomic E-state index is -4.56. The van der Waals surface area contributed by atoms with Crippen LogP contribution in [0.3, 0.4) is 0 Å². The van der Waals surface area contributed by atoms with Crippen molar-refractivity contribution in [1.29, 1.82) is 0 Å². The molecular weight excluding hydrogens is 973 g/mol. The van der Waals surface area contributed by atoms with E-state index in [4.69, 9.17) is 0 Å². The summed E-state index contributed by atoms with van der Waals surface area (Å²) in [5.41, 5.74) is 17.0. The molecule has 0 saturated heterocycles. The number of hydrogen-bond acceptors (Lipinski definition) is 0. The van der Waals surface area contributed by atoms with Gasteiger partial charge >= 0.3 is 391 Å². The van der Waals surface area contributed by atoms with Gasteiger partial charge in [-0.25, -0.2) is 0 Å². The van der Waals surface area contributed by atoms with Crippen molar-refractivity contribution < 1.29 is 72.4 Å². The number of alkyl halides is 6. The van der Waals surface area contributed by atoms with Crippen LogP contribution in [-0.4, -0.2) is 3.21 Å². The summed E-state index contributed by atoms with van der Waals surface area (Å²) in [5.74, 6) is 0.0503. The van der Waals surface area contributed by atoms with Crippen LogP contribution >= 0.6 is 0 Å². The molecule has 0 spiro atoms. The molecule has 0 aromatic heterocycles. The first-order valence-electron chi connectivity index (χ1n) is 22.5. The molecule has 1 unspecified atom stereocenters. The number of rotatable bonds is 8. The molecule has 0 aliphatic heterocycles. The maximum Gasteiger partial charge on any atom is -1.00 e. The van der Waals surface area contributed by atoms with Gasteiger partial charge in [0.1, 0.15) is 0 Å². The van der Waals surface area contributed by atoms with Gasteiger partial charge in [0.25, 0.3) is 0 Å². The molecule has 0 N–H and O–H groups in total. The van der Waals surface area contributed by atoms with Crippen molar-refractivity contribution in [3.63, 3.8) is 0 Å². The Kier molecular flexibility index (Phi) is 15.2. The van der Waals surface area contributed by atoms with Crippen LogP contribution in [0.25, 0.3) is 33.4 Å². The topological polar surface area (TPSA) is 0 Å². The second kappa shape index (κ2) is 19.6. The van der Waals surface area contributed by atoms with Crippen molar-refractivity contribution in [2.45, 2.75) is 101 Å². The molecule has 6 aromatic rings. The summed E-state index contributed by atoms with van der Waals surface area (Å²) in [4.78, 5) is 0. The predicted octanol–water partition coefficient (Wildman–Crippen LogP) is 10.3. The van der Waals surface area contributed by atoms with E-state index in [9.17, 15) is 26.3 Å². The molecule has 1 atom stereocenters. The number of hydrogen-bond donors (Lipinski definition) is 0. The van der Waals surface area contributed by atoms with Gasteiger partial charge in [-0.1, -0.05) is 0 Å². The molecule has 8 rings (SSSR count). The first kappa shape index (κ1) is 52.1. The minimum absolute atomic E-state index is 0. The zero-order valence-corrected chi connectivity index (χ0v) is 43.7. The average molecular weight is 1030 g/mol. The van der Waals surface area contributed by atoms with Gasteiger partial charge in [0.05, 0.1) is 0 Å². The van der Waals surface area contributed by atoms with Crippen LogP contribution in [0.5, 0.6) is 0 Å². The van der Waals surface area contributed by atoms with Crippen LogP contribution in [0.15, 0.2) is 124 Å². The summed E-state index contributed by atoms with van der Waals surface area (Å²) >= 11 is -3.86. The van der Waals surface area contributed by atoms with E-state index in [-0.39, 0.29) is 36.1 Å². The van der Waals surface area contributed by atoms with Gasteiger partial charge in [-0.15, -0.1) is 0 Å². The maximum atomic E-state index is 14.3. The van der Waals surface area contributed by atoms with E-state index >= 15 is 0 Å². The summed E-state index contributed by atoms with van der Waals surface area (Å²) in [6.07, 6.45) is -1.92. The zero-order chi connectivity index (χ0) is 46.9. The van der Waals surface area contributed by atoms with E-state index in [0.29, 0.717) is 17.5 Å². The molecule has 0 radical (unpaired) electrons. The van der Waals surface area contributed by atoms with Crippen molar-refractivity contribution in [2.24, 2.45) is 11.3 Å². The number of allylic oxidation sites excluding steroid dienone is 4. The van der Waals surface area contributed by atoms with Gasteiger partial charge < -0.3 is 24.8 Å². The predicted molar refractivity (Wildman–Crippen MR) is 254 cm³/mol. The van der Waals surface area contributed by atoms with Crippen LogP contribution < -0.4 is 28.1 Å². The van der Waals surface area contributed by atoms with Gasteiger partial charge in [0.2, 0.25) is 0 Å². The Morgan fingerprint density at radius 3 is 1.51 bits per heavy atom. The fourth-order valence-electron chi connectivity index (χ4n) is 10.6. The Bertz CT molecular complexity index is 2850. The quantitative estimate of drug-likeness (QED) is 0.133. The number of benzene rings is 6. The molecule has 2 aliphatic carbocycles. The van der Waals surface area contributed by atoms with Gasteiger partial charge in [0, 0.05) is 0 Å². The second-order valence-corrected chi connectivity index (χ2v) is 25.1. The molecule has 0 nitrogen and oxygen atoms in total. The monoisotopic (exact) mass is 1030 g/mol. The van der Waals surface area contributed by atoms with Gasteiger partial charge in [-0.3, -0.25) is 0 Å². The van der Waals surface area contributed by atoms with Crippen LogP contribution in [0.2, 0.25) is 0 Å². The summed E-state index contributed by atoms with van der Waals surface area (Å²) in [5, 5.41) is 0. The van der Waals surface area contributed by atoms with E-state index in [1.165, 1.54) is 45.5 Å². The van der Waals surface area contributed by atoms with Crippen LogP contribution in [0.1, 0.15) is 107 Å². The normalized spacial score (nSPS) is 14.3. The Balaban J connectivity index is 0.00000370. The van der Waals surface area contributed by atoms with Gasteiger partial charge in [-0.2, -0.15) is 0 Å². The first-order valence-corrected chi connectivity index (χ1v) is 26.2. The molecule has 6 aromatic carbocycles. The Labute approximate surface area is 412 Å². The molecule has 0 fully saturated rings. The summed E-state index contributed by atoms with van der Waals surface area (Å²) in [6, 6.07) is 30.9. The molecule has 348 valence electrons. The largest absolute Gasteiger partial charge is 1.00 e. The van der Waals surface area contributed by atoms with Crippen molar-refractivity contribution in [1.82, 2.24) is 0 Å². The van der Waals surface area contributed by atoms with E-state index in [1.54, 1.807) is 24.3 Å². The molecule has 67 heavy (non-hydrogen) atoms.